The number of fused-ring (bicyclic) bond motifs is 1. The van der Waals surface area contributed by atoms with Gasteiger partial charge < -0.3 is 5.73 Å². The third kappa shape index (κ3) is 2.69. The molecule has 20 heavy (non-hydrogen) atoms. The van der Waals surface area contributed by atoms with Crippen LogP contribution in [0.3, 0.4) is 0 Å². The molecular weight excluding hydrogens is 284 g/mol. The lowest BCUT2D eigenvalue weighted by atomic mass is 9.98. The molecule has 3 unspecified atom stereocenters. The molecule has 2 nitrogen and oxygen atoms in total. The van der Waals surface area contributed by atoms with Gasteiger partial charge in [0, 0.05) is 39.6 Å². The van der Waals surface area contributed by atoms with E-state index >= 15 is 0 Å². The van der Waals surface area contributed by atoms with E-state index in [0.717, 1.165) is 5.52 Å². The number of para-hydroxylation sites is 1. The quantitative estimate of drug-likeness (QED) is 0.934. The van der Waals surface area contributed by atoms with Crippen molar-refractivity contribution in [2.75, 3.05) is 11.5 Å². The Bertz CT molecular complexity index is 582. The molecule has 2 heterocycles. The molecule has 1 aromatic heterocycles. The van der Waals surface area contributed by atoms with E-state index in [-0.39, 0.29) is 6.04 Å². The number of rotatable bonds is 3. The van der Waals surface area contributed by atoms with Crippen molar-refractivity contribution in [2.45, 2.75) is 29.9 Å². The Hall–Kier alpha value is -0.710. The van der Waals surface area contributed by atoms with E-state index in [1.165, 1.54) is 28.9 Å². The van der Waals surface area contributed by atoms with E-state index in [1.807, 2.05) is 24.0 Å². The molecule has 1 saturated heterocycles. The largest absolute Gasteiger partial charge is 0.323 e. The highest BCUT2D eigenvalue weighted by Crippen LogP contribution is 2.40. The van der Waals surface area contributed by atoms with E-state index in [0.29, 0.717) is 10.5 Å². The number of nitrogens with zero attached hydrogens (tertiary/aromatic N) is 1. The van der Waals surface area contributed by atoms with Gasteiger partial charge in [0.1, 0.15) is 0 Å². The molecule has 0 bridgehead atoms. The van der Waals surface area contributed by atoms with Gasteiger partial charge in [0.25, 0.3) is 0 Å². The van der Waals surface area contributed by atoms with Gasteiger partial charge in [-0.25, -0.2) is 0 Å². The first-order chi connectivity index (χ1) is 9.81. The predicted octanol–water partition coefficient (Wildman–Crippen LogP) is 3.86. The predicted molar refractivity (Wildman–Crippen MR) is 91.5 cm³/mol. The van der Waals surface area contributed by atoms with E-state index < -0.39 is 0 Å². The van der Waals surface area contributed by atoms with Crippen LogP contribution in [0.5, 0.6) is 0 Å². The van der Waals surface area contributed by atoms with Crippen LogP contribution in [0, 0.1) is 0 Å². The zero-order chi connectivity index (χ0) is 13.9. The lowest BCUT2D eigenvalue weighted by Gasteiger charge is -2.34. The van der Waals surface area contributed by atoms with Gasteiger partial charge in [-0.15, -0.1) is 0 Å². The fraction of sp³-hybridized carbons (Fsp3) is 0.438. The Morgan fingerprint density at radius 3 is 2.90 bits per heavy atom. The van der Waals surface area contributed by atoms with Crippen LogP contribution in [-0.4, -0.2) is 27.0 Å². The number of pyridine rings is 1. The first-order valence-corrected chi connectivity index (χ1v) is 9.23. The van der Waals surface area contributed by atoms with Crippen molar-refractivity contribution in [1.29, 1.82) is 0 Å². The number of aromatic nitrogens is 1. The molecule has 1 aromatic carbocycles. The highest BCUT2D eigenvalue weighted by Gasteiger charge is 2.31. The summed E-state index contributed by atoms with van der Waals surface area (Å²) < 4.78 is 0. The van der Waals surface area contributed by atoms with Crippen LogP contribution in [0.15, 0.2) is 36.5 Å². The van der Waals surface area contributed by atoms with Crippen LogP contribution < -0.4 is 5.73 Å². The summed E-state index contributed by atoms with van der Waals surface area (Å²) in [5.74, 6) is 2.46. The van der Waals surface area contributed by atoms with Gasteiger partial charge in [0.15, 0.2) is 0 Å². The zero-order valence-electron chi connectivity index (χ0n) is 11.7. The molecule has 106 valence electrons. The van der Waals surface area contributed by atoms with E-state index in [4.69, 9.17) is 5.73 Å². The third-order valence-electron chi connectivity index (χ3n) is 3.87. The minimum absolute atomic E-state index is 0.0661. The summed E-state index contributed by atoms with van der Waals surface area (Å²) in [6, 6.07) is 10.5. The van der Waals surface area contributed by atoms with Gasteiger partial charge in [-0.1, -0.05) is 31.2 Å². The second-order valence-electron chi connectivity index (χ2n) is 5.10. The topological polar surface area (TPSA) is 38.9 Å². The van der Waals surface area contributed by atoms with Crippen LogP contribution in [0.1, 0.15) is 24.9 Å². The van der Waals surface area contributed by atoms with E-state index in [1.54, 1.807) is 0 Å². The van der Waals surface area contributed by atoms with Crippen LogP contribution >= 0.6 is 23.5 Å². The number of hydrogen-bond donors (Lipinski definition) is 1. The average Bonchev–Trinajstić information content (AvgIpc) is 2.53. The number of thioether (sulfide) groups is 2. The van der Waals surface area contributed by atoms with Gasteiger partial charge in [0.2, 0.25) is 0 Å². The van der Waals surface area contributed by atoms with Crippen molar-refractivity contribution in [1.82, 2.24) is 4.98 Å². The van der Waals surface area contributed by atoms with Crippen LogP contribution in [-0.2, 0) is 0 Å². The maximum atomic E-state index is 6.63. The second-order valence-corrected chi connectivity index (χ2v) is 7.73. The summed E-state index contributed by atoms with van der Waals surface area (Å²) in [4.78, 5) is 4.55. The van der Waals surface area contributed by atoms with Crippen molar-refractivity contribution >= 4 is 34.4 Å². The van der Waals surface area contributed by atoms with Gasteiger partial charge in [-0.05, 0) is 18.1 Å². The Morgan fingerprint density at radius 1 is 1.25 bits per heavy atom. The maximum absolute atomic E-state index is 6.63. The first-order valence-electron chi connectivity index (χ1n) is 7.13. The van der Waals surface area contributed by atoms with Gasteiger partial charge >= 0.3 is 0 Å². The van der Waals surface area contributed by atoms with Gasteiger partial charge in [-0.2, -0.15) is 23.5 Å². The number of benzene rings is 1. The number of nitrogens with two attached hydrogens (primary N) is 1. The highest BCUT2D eigenvalue weighted by atomic mass is 32.2. The molecule has 1 aliphatic rings. The average molecular weight is 304 g/mol. The lowest BCUT2D eigenvalue weighted by molar-refractivity contribution is 0.633. The standard InChI is InChI=1S/C16H20N2S2/c1-2-13-16(20-10-9-19-13)14(17)12-7-3-5-11-6-4-8-18-15(11)12/h3-8,13-14,16H,2,9-10,17H2,1H3. The summed E-state index contributed by atoms with van der Waals surface area (Å²) in [6.07, 6.45) is 3.05. The Balaban J connectivity index is 1.97. The first kappa shape index (κ1) is 14.2. The van der Waals surface area contributed by atoms with Crippen LogP contribution in [0.25, 0.3) is 10.9 Å². The molecule has 3 rings (SSSR count). The van der Waals surface area contributed by atoms with Crippen molar-refractivity contribution in [3.63, 3.8) is 0 Å². The zero-order valence-corrected chi connectivity index (χ0v) is 13.3. The van der Waals surface area contributed by atoms with Crippen LogP contribution in [0.4, 0.5) is 0 Å². The summed E-state index contributed by atoms with van der Waals surface area (Å²) in [6.45, 7) is 2.27. The fourth-order valence-electron chi connectivity index (χ4n) is 2.84. The van der Waals surface area contributed by atoms with Crippen molar-refractivity contribution < 1.29 is 0 Å². The monoisotopic (exact) mass is 304 g/mol. The Kier molecular flexibility index (Phi) is 4.54. The van der Waals surface area contributed by atoms with Crippen molar-refractivity contribution in [3.05, 3.63) is 42.1 Å². The van der Waals surface area contributed by atoms with Crippen molar-refractivity contribution in [2.24, 2.45) is 5.73 Å². The minimum Gasteiger partial charge on any atom is -0.323 e. The molecule has 2 aromatic rings. The molecule has 4 heteroatoms. The normalized spacial score (nSPS) is 24.7. The maximum Gasteiger partial charge on any atom is 0.0750 e. The van der Waals surface area contributed by atoms with Crippen LogP contribution in [0.2, 0.25) is 0 Å². The Labute approximate surface area is 128 Å². The molecule has 0 spiro atoms. The molecule has 3 atom stereocenters. The second kappa shape index (κ2) is 6.37. The fourth-order valence-corrected chi connectivity index (χ4v) is 6.02. The number of hydrogen-bond acceptors (Lipinski definition) is 4. The smallest absolute Gasteiger partial charge is 0.0750 e. The minimum atomic E-state index is 0.0661. The molecule has 0 radical (unpaired) electrons. The molecule has 0 aliphatic carbocycles. The summed E-state index contributed by atoms with van der Waals surface area (Å²) >= 11 is 4.11. The van der Waals surface area contributed by atoms with Crippen molar-refractivity contribution in [3.8, 4) is 0 Å². The van der Waals surface area contributed by atoms with Gasteiger partial charge in [0.05, 0.1) is 5.52 Å². The molecule has 0 amide bonds. The van der Waals surface area contributed by atoms with E-state index in [9.17, 15) is 0 Å². The summed E-state index contributed by atoms with van der Waals surface area (Å²) in [7, 11) is 0. The van der Waals surface area contributed by atoms with E-state index in [2.05, 4.69) is 47.9 Å². The molecule has 0 saturated carbocycles. The highest BCUT2D eigenvalue weighted by molar-refractivity contribution is 8.07. The molecule has 1 aliphatic heterocycles. The molecule has 1 fully saturated rings. The lowest BCUT2D eigenvalue weighted by Crippen LogP contribution is -2.35. The Morgan fingerprint density at radius 2 is 2.05 bits per heavy atom. The SMILES string of the molecule is CCC1SCCSC1C(N)c1cccc2cccnc12. The molecular formula is C16H20N2S2. The summed E-state index contributed by atoms with van der Waals surface area (Å²) in [5.41, 5.74) is 8.89. The summed E-state index contributed by atoms with van der Waals surface area (Å²) in [5, 5.41) is 2.33. The molecule has 2 N–H and O–H groups in total. The third-order valence-corrected chi connectivity index (χ3v) is 7.24. The van der Waals surface area contributed by atoms with Gasteiger partial charge in [-0.3, -0.25) is 4.98 Å².